The molecule has 0 spiro atoms. The lowest BCUT2D eigenvalue weighted by Crippen LogP contribution is -2.53. The van der Waals surface area contributed by atoms with Crippen molar-refractivity contribution in [3.05, 3.63) is 31.9 Å². The van der Waals surface area contributed by atoms with Crippen molar-refractivity contribution < 1.29 is 19.6 Å². The zero-order chi connectivity index (χ0) is 13.7. The summed E-state index contributed by atoms with van der Waals surface area (Å²) in [7, 11) is 0. The van der Waals surface area contributed by atoms with Crippen molar-refractivity contribution in [3.63, 3.8) is 0 Å². The minimum atomic E-state index is -0.363. The van der Waals surface area contributed by atoms with Crippen molar-refractivity contribution in [2.24, 2.45) is 0 Å². The number of nitrogens with zero attached hydrogens (tertiary/aromatic N) is 8. The van der Waals surface area contributed by atoms with Crippen LogP contribution >= 0.6 is 11.6 Å². The van der Waals surface area contributed by atoms with Crippen LogP contribution in [0.2, 0.25) is 5.02 Å². The van der Waals surface area contributed by atoms with E-state index in [0.717, 1.165) is 6.07 Å². The van der Waals surface area contributed by atoms with Gasteiger partial charge in [0, 0.05) is 15.8 Å². The van der Waals surface area contributed by atoms with Crippen molar-refractivity contribution in [1.82, 2.24) is 20.6 Å². The SMILES string of the molecule is [O-][n+]1nc2c(c(Cl)cc3n[n+]([O-])n[n+]([O-])c32)[n+]([O-])n1. The van der Waals surface area contributed by atoms with Crippen molar-refractivity contribution >= 4 is 33.7 Å². The molecular formula is C6HClN8O4. The number of aromatic nitrogens is 8. The lowest BCUT2D eigenvalue weighted by atomic mass is 10.2. The van der Waals surface area contributed by atoms with Gasteiger partial charge in [-0.3, -0.25) is 0 Å². The second-order valence-electron chi connectivity index (χ2n) is 3.35. The summed E-state index contributed by atoms with van der Waals surface area (Å²) >= 11 is 5.80. The number of fused-ring (bicyclic) bond motifs is 3. The van der Waals surface area contributed by atoms with Crippen LogP contribution in [0.4, 0.5) is 0 Å². The molecule has 2 aromatic heterocycles. The third-order valence-corrected chi connectivity index (χ3v) is 2.55. The fourth-order valence-electron chi connectivity index (χ4n) is 1.59. The fourth-order valence-corrected chi connectivity index (χ4v) is 1.86. The molecule has 3 aromatic rings. The molecule has 0 aliphatic heterocycles. The van der Waals surface area contributed by atoms with Crippen LogP contribution in [-0.4, -0.2) is 20.6 Å². The van der Waals surface area contributed by atoms with Crippen molar-refractivity contribution in [2.45, 2.75) is 0 Å². The first-order valence-corrected chi connectivity index (χ1v) is 4.97. The molecule has 1 aromatic carbocycles. The van der Waals surface area contributed by atoms with Crippen molar-refractivity contribution in [1.29, 1.82) is 0 Å². The molecule has 0 amide bonds. The predicted molar refractivity (Wildman–Crippen MR) is 53.5 cm³/mol. The van der Waals surface area contributed by atoms with Crippen LogP contribution in [0.5, 0.6) is 0 Å². The molecule has 2 heterocycles. The first kappa shape index (κ1) is 11.2. The maximum absolute atomic E-state index is 11.6. The quantitative estimate of drug-likeness (QED) is 0.236. The summed E-state index contributed by atoms with van der Waals surface area (Å²) in [5, 5.41) is 57.4. The van der Waals surface area contributed by atoms with Gasteiger partial charge in [-0.15, -0.1) is 0 Å². The number of hydrogen-bond donors (Lipinski definition) is 0. The number of rotatable bonds is 0. The minimum absolute atomic E-state index is 0.0879. The van der Waals surface area contributed by atoms with Gasteiger partial charge < -0.3 is 20.8 Å². The first-order chi connectivity index (χ1) is 8.97. The third kappa shape index (κ3) is 1.54. The summed E-state index contributed by atoms with van der Waals surface area (Å²) in [6, 6.07) is 1.09. The third-order valence-electron chi connectivity index (χ3n) is 2.26. The summed E-state index contributed by atoms with van der Waals surface area (Å²) in [6.07, 6.45) is 0. The molecule has 0 aliphatic carbocycles. The van der Waals surface area contributed by atoms with Gasteiger partial charge in [-0.25, -0.2) is 0 Å². The van der Waals surface area contributed by atoms with E-state index in [9.17, 15) is 20.8 Å². The van der Waals surface area contributed by atoms with Gasteiger partial charge in [0.1, 0.15) is 14.9 Å². The van der Waals surface area contributed by atoms with Gasteiger partial charge in [0.15, 0.2) is 0 Å². The zero-order valence-electron chi connectivity index (χ0n) is 8.67. The summed E-state index contributed by atoms with van der Waals surface area (Å²) < 4.78 is 0. The van der Waals surface area contributed by atoms with Gasteiger partial charge in [-0.05, 0) is 0 Å². The number of benzene rings is 1. The molecule has 0 N–H and O–H groups in total. The van der Waals surface area contributed by atoms with E-state index in [1.165, 1.54) is 0 Å². The van der Waals surface area contributed by atoms with Gasteiger partial charge in [-0.2, -0.15) is 0 Å². The highest BCUT2D eigenvalue weighted by Gasteiger charge is 2.29. The van der Waals surface area contributed by atoms with Crippen molar-refractivity contribution in [2.75, 3.05) is 0 Å². The van der Waals surface area contributed by atoms with E-state index < -0.39 is 0 Å². The van der Waals surface area contributed by atoms with Gasteiger partial charge >= 0.3 is 21.5 Å². The Hall–Kier alpha value is -2.89. The second kappa shape index (κ2) is 3.55. The van der Waals surface area contributed by atoms with Gasteiger partial charge in [0.25, 0.3) is 5.52 Å². The Morgan fingerprint density at radius 3 is 2.16 bits per heavy atom. The molecule has 96 valence electrons. The Morgan fingerprint density at radius 1 is 0.895 bits per heavy atom. The maximum Gasteiger partial charge on any atom is 0.326 e. The Bertz CT molecular complexity index is 841. The molecule has 0 atom stereocenters. The molecule has 0 fully saturated rings. The van der Waals surface area contributed by atoms with E-state index in [1.54, 1.807) is 0 Å². The molecule has 0 bridgehead atoms. The van der Waals surface area contributed by atoms with Crippen molar-refractivity contribution in [3.8, 4) is 0 Å². The largest absolute Gasteiger partial charge is 0.590 e. The lowest BCUT2D eigenvalue weighted by Gasteiger charge is -1.99. The first-order valence-electron chi connectivity index (χ1n) is 4.59. The summed E-state index contributed by atoms with van der Waals surface area (Å²) in [5.74, 6) is 0. The summed E-state index contributed by atoms with van der Waals surface area (Å²) in [5.41, 5.74) is -1.18. The van der Waals surface area contributed by atoms with Crippen LogP contribution in [0.25, 0.3) is 22.1 Å². The van der Waals surface area contributed by atoms with E-state index >= 15 is 0 Å². The zero-order valence-corrected chi connectivity index (χ0v) is 9.42. The van der Waals surface area contributed by atoms with Crippen LogP contribution in [0.3, 0.4) is 0 Å². The number of halogens is 1. The van der Waals surface area contributed by atoms with Gasteiger partial charge in [0.2, 0.25) is 5.52 Å². The molecule has 13 heteroatoms. The van der Waals surface area contributed by atoms with E-state index in [-0.39, 0.29) is 46.7 Å². The average Bonchev–Trinajstić information content (AvgIpc) is 2.25. The van der Waals surface area contributed by atoms with Gasteiger partial charge in [0.05, 0.1) is 10.2 Å². The molecule has 19 heavy (non-hydrogen) atoms. The highest BCUT2D eigenvalue weighted by molar-refractivity contribution is 6.35. The van der Waals surface area contributed by atoms with Crippen LogP contribution in [0.1, 0.15) is 0 Å². The Balaban J connectivity index is 2.66. The monoisotopic (exact) mass is 284 g/mol. The molecule has 0 unspecified atom stereocenters. The Morgan fingerprint density at radius 2 is 1.47 bits per heavy atom. The highest BCUT2D eigenvalue weighted by Crippen LogP contribution is 2.23. The molecule has 0 saturated heterocycles. The number of hydrogen-bond acceptors (Lipinski definition) is 8. The highest BCUT2D eigenvalue weighted by atomic mass is 35.5. The molecule has 12 nitrogen and oxygen atoms in total. The predicted octanol–water partition coefficient (Wildman–Crippen LogP) is -3.24. The van der Waals surface area contributed by atoms with Crippen LogP contribution < -0.4 is 19.6 Å². The Labute approximate surface area is 106 Å². The Kier molecular flexibility index (Phi) is 2.10. The molecule has 0 aliphatic rings. The molecule has 0 saturated carbocycles. The topological polar surface area (TPSA) is 159 Å². The second-order valence-corrected chi connectivity index (χ2v) is 3.76. The summed E-state index contributed by atoms with van der Waals surface area (Å²) in [4.78, 5) is -0.713. The standard InChI is InChI=1S/C6HClN8O4/c7-2-1-3-6(13(17)11-14(18)8-3)4-5(2)12(16)10-15(19)9-4/h1H. The summed E-state index contributed by atoms with van der Waals surface area (Å²) in [6.45, 7) is 0. The van der Waals surface area contributed by atoms with Crippen LogP contribution in [0, 0.1) is 20.8 Å². The fraction of sp³-hybridized carbons (Fsp3) is 0. The van der Waals surface area contributed by atoms with E-state index in [4.69, 9.17) is 11.6 Å². The lowest BCUT2D eigenvalue weighted by molar-refractivity contribution is -0.867. The smallest absolute Gasteiger partial charge is 0.326 e. The molecular weight excluding hydrogens is 284 g/mol. The maximum atomic E-state index is 11.6. The van der Waals surface area contributed by atoms with E-state index in [0.29, 0.717) is 0 Å². The average molecular weight is 285 g/mol. The van der Waals surface area contributed by atoms with E-state index in [2.05, 4.69) is 20.6 Å². The van der Waals surface area contributed by atoms with Crippen LogP contribution in [0.15, 0.2) is 6.07 Å². The van der Waals surface area contributed by atoms with Crippen LogP contribution in [-0.2, 0) is 0 Å². The molecule has 3 rings (SSSR count). The van der Waals surface area contributed by atoms with E-state index in [1.807, 2.05) is 0 Å². The van der Waals surface area contributed by atoms with Gasteiger partial charge in [-0.1, -0.05) is 11.6 Å². The molecule has 0 radical (unpaired) electrons. The minimum Gasteiger partial charge on any atom is -0.590 e. The normalized spacial score (nSPS) is 11.2.